The predicted molar refractivity (Wildman–Crippen MR) is 100 cm³/mol. The van der Waals surface area contributed by atoms with Crippen molar-refractivity contribution in [2.24, 2.45) is 11.8 Å². The average Bonchev–Trinajstić information content (AvgIpc) is 3.30. The number of rotatable bonds is 5. The fourth-order valence-corrected chi connectivity index (χ4v) is 5.07. The highest BCUT2D eigenvalue weighted by Gasteiger charge is 2.47. The van der Waals surface area contributed by atoms with Crippen molar-refractivity contribution in [1.82, 2.24) is 4.98 Å². The summed E-state index contributed by atoms with van der Waals surface area (Å²) in [6.45, 7) is 0.183. The molecule has 2 N–H and O–H groups in total. The van der Waals surface area contributed by atoms with Gasteiger partial charge in [-0.2, -0.15) is 13.2 Å². The van der Waals surface area contributed by atoms with Crippen LogP contribution in [0.2, 0.25) is 0 Å². The van der Waals surface area contributed by atoms with Crippen LogP contribution in [0, 0.1) is 11.8 Å². The van der Waals surface area contributed by atoms with Crippen molar-refractivity contribution in [3.63, 3.8) is 0 Å². The minimum absolute atomic E-state index is 0.00463. The lowest BCUT2D eigenvalue weighted by molar-refractivity contribution is -0.137. The zero-order valence-electron chi connectivity index (χ0n) is 15.7. The first-order valence-electron chi connectivity index (χ1n) is 9.54. The van der Waals surface area contributed by atoms with Crippen LogP contribution in [0.4, 0.5) is 13.2 Å². The van der Waals surface area contributed by atoms with Crippen molar-refractivity contribution in [1.29, 1.82) is 0 Å². The molecule has 2 fully saturated rings. The van der Waals surface area contributed by atoms with Crippen LogP contribution in [0.1, 0.15) is 46.4 Å². The average molecular weight is 443 g/mol. The van der Waals surface area contributed by atoms with Gasteiger partial charge in [0.2, 0.25) is 0 Å². The van der Waals surface area contributed by atoms with Crippen LogP contribution < -0.4 is 4.74 Å². The molecular weight excluding hydrogens is 423 g/mol. The number of aromatic nitrogens is 1. The van der Waals surface area contributed by atoms with Crippen molar-refractivity contribution in [2.75, 3.05) is 6.61 Å². The van der Waals surface area contributed by atoms with Crippen LogP contribution in [0.25, 0.3) is 0 Å². The highest BCUT2D eigenvalue weighted by molar-refractivity contribution is 7.09. The molecule has 2 aromatic rings. The summed E-state index contributed by atoms with van der Waals surface area (Å²) in [4.78, 5) is 15.1. The Morgan fingerprint density at radius 3 is 2.63 bits per heavy atom. The Morgan fingerprint density at radius 1 is 1.27 bits per heavy atom. The Hall–Kier alpha value is -2.17. The van der Waals surface area contributed by atoms with E-state index in [4.69, 9.17) is 14.6 Å². The number of hydrogen-bond donors (Lipinski definition) is 2. The summed E-state index contributed by atoms with van der Waals surface area (Å²) in [5.41, 5.74) is -0.745. The van der Waals surface area contributed by atoms with Gasteiger partial charge >= 0.3 is 12.1 Å². The minimum atomic E-state index is -4.40. The molecule has 1 aromatic carbocycles. The van der Waals surface area contributed by atoms with E-state index in [2.05, 4.69) is 4.98 Å². The summed E-state index contributed by atoms with van der Waals surface area (Å²) in [6, 6.07) is 4.49. The van der Waals surface area contributed by atoms with E-state index in [9.17, 15) is 23.1 Å². The van der Waals surface area contributed by atoms with Gasteiger partial charge in [0.1, 0.15) is 16.9 Å². The van der Waals surface area contributed by atoms with Gasteiger partial charge in [-0.3, -0.25) is 0 Å². The lowest BCUT2D eigenvalue weighted by Gasteiger charge is -2.33. The normalized spacial score (nSPS) is 28.9. The molecule has 1 saturated heterocycles. The number of carboxylic acids is 1. The topological polar surface area (TPSA) is 88.9 Å². The largest absolute Gasteiger partial charge is 0.493 e. The molecule has 0 amide bonds. The number of nitrogens with zero attached hydrogens (tertiary/aromatic N) is 1. The number of aliphatic hydroxyl groups excluding tert-OH is 1. The van der Waals surface area contributed by atoms with E-state index in [-0.39, 0.29) is 36.3 Å². The van der Waals surface area contributed by atoms with Gasteiger partial charge < -0.3 is 19.7 Å². The molecular formula is C20H20F3NO5S. The SMILES string of the molecule is O=C(O)c1csc([C@H]2CC[C@@H]3[C@@H](COc4ccc(C(F)(F)F)cc4)[C@H](O)C[C@@H]3O2)n1. The second kappa shape index (κ2) is 8.16. The summed E-state index contributed by atoms with van der Waals surface area (Å²) in [6.07, 6.45) is -3.69. The maximum absolute atomic E-state index is 12.7. The van der Waals surface area contributed by atoms with Crippen LogP contribution >= 0.6 is 11.3 Å². The predicted octanol–water partition coefficient (Wildman–Crippen LogP) is 4.16. The number of carboxylic acid groups (broad SMARTS) is 1. The summed E-state index contributed by atoms with van der Waals surface area (Å²) >= 11 is 1.25. The molecule has 0 spiro atoms. The quantitative estimate of drug-likeness (QED) is 0.722. The van der Waals surface area contributed by atoms with Crippen LogP contribution in [0.5, 0.6) is 5.75 Å². The number of benzene rings is 1. The summed E-state index contributed by atoms with van der Waals surface area (Å²) in [5, 5.41) is 21.6. The molecule has 4 rings (SSSR count). The highest BCUT2D eigenvalue weighted by Crippen LogP contribution is 2.46. The lowest BCUT2D eigenvalue weighted by atomic mass is 9.87. The first-order valence-corrected chi connectivity index (χ1v) is 10.4. The first-order chi connectivity index (χ1) is 14.2. The van der Waals surface area contributed by atoms with Gasteiger partial charge in [-0.25, -0.2) is 9.78 Å². The third kappa shape index (κ3) is 4.30. The molecule has 6 nitrogen and oxygen atoms in total. The number of fused-ring (bicyclic) bond motifs is 1. The molecule has 0 bridgehead atoms. The highest BCUT2D eigenvalue weighted by atomic mass is 32.1. The zero-order chi connectivity index (χ0) is 21.5. The Kier molecular flexibility index (Phi) is 5.73. The molecule has 2 heterocycles. The van der Waals surface area contributed by atoms with Crippen molar-refractivity contribution in [3.05, 3.63) is 45.9 Å². The summed E-state index contributed by atoms with van der Waals surface area (Å²) < 4.78 is 49.8. The van der Waals surface area contributed by atoms with Crippen molar-refractivity contribution >= 4 is 17.3 Å². The van der Waals surface area contributed by atoms with Gasteiger partial charge in [-0.15, -0.1) is 11.3 Å². The Balaban J connectivity index is 1.36. The molecule has 0 unspecified atom stereocenters. The molecule has 30 heavy (non-hydrogen) atoms. The van der Waals surface area contributed by atoms with Crippen LogP contribution in [0.15, 0.2) is 29.6 Å². The fourth-order valence-electron chi connectivity index (χ4n) is 4.21. The molecule has 1 aliphatic carbocycles. The number of aromatic carboxylic acids is 1. The standard InChI is InChI=1S/C20H20F3NO5S/c21-20(22,23)10-1-3-11(4-2-10)28-8-13-12-5-6-16(29-17(12)7-15(13)25)18-24-14(9-30-18)19(26)27/h1-4,9,12-13,15-17,25H,5-8H2,(H,26,27)/t12-,13-,15-,16-,17+/m1/s1. The van der Waals surface area contributed by atoms with E-state index in [1.807, 2.05) is 0 Å². The van der Waals surface area contributed by atoms with E-state index in [0.717, 1.165) is 18.6 Å². The van der Waals surface area contributed by atoms with E-state index >= 15 is 0 Å². The Labute approximate surface area is 174 Å². The van der Waals surface area contributed by atoms with Gasteiger partial charge in [-0.05, 0) is 43.0 Å². The molecule has 5 atom stereocenters. The summed E-state index contributed by atoms with van der Waals surface area (Å²) in [5.74, 6) is -0.895. The molecule has 162 valence electrons. The van der Waals surface area contributed by atoms with Gasteiger partial charge in [0.25, 0.3) is 0 Å². The second-order valence-electron chi connectivity index (χ2n) is 7.58. The van der Waals surface area contributed by atoms with E-state index in [1.165, 1.54) is 28.8 Å². The smallest absolute Gasteiger partial charge is 0.416 e. The Morgan fingerprint density at radius 2 is 2.00 bits per heavy atom. The molecule has 1 saturated carbocycles. The van der Waals surface area contributed by atoms with Crippen LogP contribution in [-0.4, -0.2) is 40.0 Å². The lowest BCUT2D eigenvalue weighted by Crippen LogP contribution is -2.33. The monoisotopic (exact) mass is 443 g/mol. The van der Waals surface area contributed by atoms with Crippen LogP contribution in [-0.2, 0) is 10.9 Å². The molecule has 2 aliphatic rings. The number of aliphatic hydroxyl groups is 1. The van der Waals surface area contributed by atoms with Gasteiger partial charge in [0.05, 0.1) is 24.4 Å². The number of ether oxygens (including phenoxy) is 2. The number of halogens is 3. The van der Waals surface area contributed by atoms with Gasteiger partial charge in [0, 0.05) is 17.7 Å². The van der Waals surface area contributed by atoms with E-state index in [0.29, 0.717) is 23.6 Å². The maximum atomic E-state index is 12.7. The number of thiazole rings is 1. The molecule has 0 radical (unpaired) electrons. The van der Waals surface area contributed by atoms with Crippen LogP contribution in [0.3, 0.4) is 0 Å². The number of hydrogen-bond acceptors (Lipinski definition) is 6. The maximum Gasteiger partial charge on any atom is 0.416 e. The number of alkyl halides is 3. The minimum Gasteiger partial charge on any atom is -0.493 e. The third-order valence-electron chi connectivity index (χ3n) is 5.74. The van der Waals surface area contributed by atoms with Gasteiger partial charge in [0.15, 0.2) is 5.69 Å². The second-order valence-corrected chi connectivity index (χ2v) is 8.47. The van der Waals surface area contributed by atoms with E-state index < -0.39 is 23.8 Å². The van der Waals surface area contributed by atoms with Gasteiger partial charge in [-0.1, -0.05) is 0 Å². The van der Waals surface area contributed by atoms with E-state index in [1.54, 1.807) is 0 Å². The molecule has 10 heteroatoms. The van der Waals surface area contributed by atoms with Crippen molar-refractivity contribution < 1.29 is 37.7 Å². The fraction of sp³-hybridized carbons (Fsp3) is 0.500. The molecule has 1 aromatic heterocycles. The summed E-state index contributed by atoms with van der Waals surface area (Å²) in [7, 11) is 0. The van der Waals surface area contributed by atoms with Crippen molar-refractivity contribution in [3.8, 4) is 5.75 Å². The first kappa shape index (κ1) is 21.1. The Bertz CT molecular complexity index is 901. The van der Waals surface area contributed by atoms with Crippen molar-refractivity contribution in [2.45, 2.75) is 43.8 Å². The third-order valence-corrected chi connectivity index (χ3v) is 6.67. The number of carbonyl (C=O) groups is 1. The zero-order valence-corrected chi connectivity index (χ0v) is 16.5. The molecule has 1 aliphatic heterocycles.